The average Bonchev–Trinajstić information content (AvgIpc) is 2.43. The number of aryl methyl sites for hydroxylation is 2. The molecular weight excluding hydrogens is 266 g/mol. The van der Waals surface area contributed by atoms with Gasteiger partial charge in [-0.15, -0.1) is 0 Å². The maximum Gasteiger partial charge on any atom is 0.191 e. The molecule has 2 aromatic rings. The summed E-state index contributed by atoms with van der Waals surface area (Å²) >= 11 is 5.21. The summed E-state index contributed by atoms with van der Waals surface area (Å²) in [6, 6.07) is 16.0. The van der Waals surface area contributed by atoms with Gasteiger partial charge in [0.1, 0.15) is 0 Å². The molecule has 0 saturated carbocycles. The lowest BCUT2D eigenvalue weighted by Gasteiger charge is -2.10. The van der Waals surface area contributed by atoms with Gasteiger partial charge in [-0.25, -0.2) is 0 Å². The van der Waals surface area contributed by atoms with Crippen LogP contribution in [0.15, 0.2) is 53.6 Å². The van der Waals surface area contributed by atoms with E-state index in [1.54, 1.807) is 6.21 Å². The summed E-state index contributed by atoms with van der Waals surface area (Å²) in [5, 5.41) is 7.71. The molecule has 2 aromatic carbocycles. The van der Waals surface area contributed by atoms with Gasteiger partial charge < -0.3 is 5.32 Å². The molecule has 0 aliphatic heterocycles. The van der Waals surface area contributed by atoms with Gasteiger partial charge in [-0.1, -0.05) is 48.0 Å². The first-order chi connectivity index (χ1) is 9.65. The molecule has 0 fully saturated rings. The van der Waals surface area contributed by atoms with Gasteiger partial charge in [0.15, 0.2) is 5.11 Å². The number of nitrogens with one attached hydrogen (secondary N) is 2. The highest BCUT2D eigenvalue weighted by Gasteiger charge is 2.00. The molecule has 0 bridgehead atoms. The third-order valence-electron chi connectivity index (χ3n) is 2.81. The zero-order chi connectivity index (χ0) is 14.4. The van der Waals surface area contributed by atoms with Gasteiger partial charge in [0.25, 0.3) is 0 Å². The second kappa shape index (κ2) is 6.82. The lowest BCUT2D eigenvalue weighted by molar-refractivity contribution is 1.05. The highest BCUT2D eigenvalue weighted by Crippen LogP contribution is 2.15. The van der Waals surface area contributed by atoms with Crippen LogP contribution in [-0.4, -0.2) is 11.3 Å². The molecule has 102 valence electrons. The fraction of sp³-hybridized carbons (Fsp3) is 0.125. The number of thiocarbonyl (C=S) groups is 1. The molecule has 0 amide bonds. The second-order valence-electron chi connectivity index (χ2n) is 4.55. The van der Waals surface area contributed by atoms with Crippen molar-refractivity contribution < 1.29 is 0 Å². The van der Waals surface area contributed by atoms with Crippen molar-refractivity contribution in [2.75, 3.05) is 5.32 Å². The first kappa shape index (κ1) is 14.2. The predicted octanol–water partition coefficient (Wildman–Crippen LogP) is 3.62. The van der Waals surface area contributed by atoms with Crippen LogP contribution in [0.5, 0.6) is 0 Å². The molecule has 2 N–H and O–H groups in total. The second-order valence-corrected chi connectivity index (χ2v) is 4.96. The van der Waals surface area contributed by atoms with Crippen molar-refractivity contribution in [2.24, 2.45) is 5.10 Å². The minimum atomic E-state index is 0.476. The van der Waals surface area contributed by atoms with E-state index in [1.165, 1.54) is 5.56 Å². The molecule has 0 heterocycles. The van der Waals surface area contributed by atoms with Crippen LogP contribution >= 0.6 is 12.2 Å². The van der Waals surface area contributed by atoms with Gasteiger partial charge in [-0.2, -0.15) is 5.10 Å². The fourth-order valence-electron chi connectivity index (χ4n) is 1.81. The Balaban J connectivity index is 1.91. The quantitative estimate of drug-likeness (QED) is 0.513. The molecular formula is C16H17N3S. The molecule has 0 aromatic heterocycles. The molecule has 0 atom stereocenters. The molecule has 2 rings (SSSR count). The largest absolute Gasteiger partial charge is 0.331 e. The van der Waals surface area contributed by atoms with Crippen molar-refractivity contribution in [2.45, 2.75) is 13.8 Å². The SMILES string of the molecule is Cc1ccc(NC(=S)NN=Cc2ccccc2)c(C)c1. The van der Waals surface area contributed by atoms with Gasteiger partial charge in [0, 0.05) is 5.69 Å². The van der Waals surface area contributed by atoms with Crippen molar-refractivity contribution in [1.29, 1.82) is 0 Å². The number of anilines is 1. The molecule has 0 radical (unpaired) electrons. The highest BCUT2D eigenvalue weighted by atomic mass is 32.1. The average molecular weight is 283 g/mol. The summed E-state index contributed by atoms with van der Waals surface area (Å²) in [5.41, 5.74) is 7.21. The molecule has 0 aliphatic rings. The van der Waals surface area contributed by atoms with E-state index in [2.05, 4.69) is 28.8 Å². The van der Waals surface area contributed by atoms with Gasteiger partial charge in [0.05, 0.1) is 6.21 Å². The van der Waals surface area contributed by atoms with E-state index in [4.69, 9.17) is 12.2 Å². The van der Waals surface area contributed by atoms with E-state index >= 15 is 0 Å². The van der Waals surface area contributed by atoms with Crippen LogP contribution in [0.3, 0.4) is 0 Å². The highest BCUT2D eigenvalue weighted by molar-refractivity contribution is 7.80. The number of nitrogens with zero attached hydrogens (tertiary/aromatic N) is 1. The first-order valence-corrected chi connectivity index (χ1v) is 6.78. The Morgan fingerprint density at radius 3 is 2.55 bits per heavy atom. The Hall–Kier alpha value is -2.20. The Morgan fingerprint density at radius 2 is 1.85 bits per heavy atom. The van der Waals surface area contributed by atoms with Gasteiger partial charge >= 0.3 is 0 Å². The van der Waals surface area contributed by atoms with Gasteiger partial charge in [0.2, 0.25) is 0 Å². The zero-order valence-corrected chi connectivity index (χ0v) is 12.4. The number of hydrogen-bond acceptors (Lipinski definition) is 2. The monoisotopic (exact) mass is 283 g/mol. The van der Waals surface area contributed by atoms with E-state index in [-0.39, 0.29) is 0 Å². The Bertz CT molecular complexity index is 621. The lowest BCUT2D eigenvalue weighted by Crippen LogP contribution is -2.24. The standard InChI is InChI=1S/C16H17N3S/c1-12-8-9-15(13(2)10-12)18-16(20)19-17-11-14-6-4-3-5-7-14/h3-11H,1-2H3,(H2,18,19,20). The fourth-order valence-corrected chi connectivity index (χ4v) is 1.97. The van der Waals surface area contributed by atoms with E-state index in [9.17, 15) is 0 Å². The molecule has 20 heavy (non-hydrogen) atoms. The Morgan fingerprint density at radius 1 is 1.10 bits per heavy atom. The van der Waals surface area contributed by atoms with Crippen LogP contribution in [0.25, 0.3) is 0 Å². The number of benzene rings is 2. The van der Waals surface area contributed by atoms with Gasteiger partial charge in [-0.05, 0) is 43.3 Å². The summed E-state index contributed by atoms with van der Waals surface area (Å²) in [4.78, 5) is 0. The summed E-state index contributed by atoms with van der Waals surface area (Å²) in [6.45, 7) is 4.11. The van der Waals surface area contributed by atoms with Crippen molar-refractivity contribution in [3.8, 4) is 0 Å². The summed E-state index contributed by atoms with van der Waals surface area (Å²) in [6.07, 6.45) is 1.73. The topological polar surface area (TPSA) is 36.4 Å². The van der Waals surface area contributed by atoms with E-state index in [0.717, 1.165) is 16.8 Å². The van der Waals surface area contributed by atoms with Crippen LogP contribution in [0.1, 0.15) is 16.7 Å². The van der Waals surface area contributed by atoms with Crippen molar-refractivity contribution in [1.82, 2.24) is 5.43 Å². The maximum atomic E-state index is 5.21. The summed E-state index contributed by atoms with van der Waals surface area (Å²) in [7, 11) is 0. The molecule has 0 unspecified atom stereocenters. The minimum Gasteiger partial charge on any atom is -0.331 e. The first-order valence-electron chi connectivity index (χ1n) is 6.37. The smallest absolute Gasteiger partial charge is 0.191 e. The van der Waals surface area contributed by atoms with Crippen LogP contribution in [-0.2, 0) is 0 Å². The van der Waals surface area contributed by atoms with E-state index in [1.807, 2.05) is 49.4 Å². The van der Waals surface area contributed by atoms with Crippen molar-refractivity contribution in [3.63, 3.8) is 0 Å². The third kappa shape index (κ3) is 4.17. The third-order valence-corrected chi connectivity index (χ3v) is 3.00. The summed E-state index contributed by atoms with van der Waals surface area (Å²) < 4.78 is 0. The van der Waals surface area contributed by atoms with Crippen LogP contribution < -0.4 is 10.7 Å². The predicted molar refractivity (Wildman–Crippen MR) is 89.3 cm³/mol. The zero-order valence-electron chi connectivity index (χ0n) is 11.6. The van der Waals surface area contributed by atoms with Crippen LogP contribution in [0.2, 0.25) is 0 Å². The molecule has 0 spiro atoms. The molecule has 0 aliphatic carbocycles. The molecule has 0 saturated heterocycles. The van der Waals surface area contributed by atoms with Crippen LogP contribution in [0, 0.1) is 13.8 Å². The normalized spacial score (nSPS) is 10.5. The number of hydrazone groups is 1. The molecule has 4 heteroatoms. The van der Waals surface area contributed by atoms with E-state index in [0.29, 0.717) is 5.11 Å². The van der Waals surface area contributed by atoms with Crippen molar-refractivity contribution >= 4 is 29.2 Å². The van der Waals surface area contributed by atoms with Crippen molar-refractivity contribution in [3.05, 3.63) is 65.2 Å². The maximum absolute atomic E-state index is 5.21. The van der Waals surface area contributed by atoms with Crippen LogP contribution in [0.4, 0.5) is 5.69 Å². The minimum absolute atomic E-state index is 0.476. The Labute approximate surface area is 124 Å². The number of rotatable bonds is 3. The van der Waals surface area contributed by atoms with E-state index < -0.39 is 0 Å². The summed E-state index contributed by atoms with van der Waals surface area (Å²) in [5.74, 6) is 0. The number of hydrogen-bond donors (Lipinski definition) is 2. The van der Waals surface area contributed by atoms with Gasteiger partial charge in [-0.3, -0.25) is 5.43 Å². The lowest BCUT2D eigenvalue weighted by atomic mass is 10.1. The molecule has 3 nitrogen and oxygen atoms in total. The Kier molecular flexibility index (Phi) is 4.85.